The maximum atomic E-state index is 10.8. The number of carbonyl (C=O) groups is 1. The second kappa shape index (κ2) is 5.01. The van der Waals surface area contributed by atoms with Crippen molar-refractivity contribution in [1.82, 2.24) is 25.2 Å². The summed E-state index contributed by atoms with van der Waals surface area (Å²) in [6.45, 7) is 1.30. The highest BCUT2D eigenvalue weighted by molar-refractivity contribution is 5.90. The fourth-order valence-corrected chi connectivity index (χ4v) is 1.21. The summed E-state index contributed by atoms with van der Waals surface area (Å²) >= 11 is 0. The lowest BCUT2D eigenvalue weighted by molar-refractivity contribution is 0.0994. The molecule has 0 aliphatic heterocycles. The number of nitrogens with zero attached hydrogens (tertiary/aromatic N) is 5. The number of aromatic nitrogens is 5. The van der Waals surface area contributed by atoms with Crippen molar-refractivity contribution in [2.45, 2.75) is 6.54 Å². The Labute approximate surface area is 96.8 Å². The standard InChI is InChI=1S/C9H11N7O/c10-9(17)7-1-2-8(14-13-7)11-3-5-16-6-4-12-15-16/h1-2,4,6H,3,5H2,(H2,10,17)(H,11,14). The third kappa shape index (κ3) is 2.97. The van der Waals surface area contributed by atoms with Crippen LogP contribution in [0.2, 0.25) is 0 Å². The summed E-state index contributed by atoms with van der Waals surface area (Å²) in [6, 6.07) is 3.17. The van der Waals surface area contributed by atoms with Gasteiger partial charge in [-0.1, -0.05) is 5.21 Å². The van der Waals surface area contributed by atoms with Crippen molar-refractivity contribution in [3.63, 3.8) is 0 Å². The molecule has 3 N–H and O–H groups in total. The lowest BCUT2D eigenvalue weighted by Gasteiger charge is -2.04. The van der Waals surface area contributed by atoms with E-state index in [1.54, 1.807) is 23.1 Å². The van der Waals surface area contributed by atoms with E-state index in [0.717, 1.165) is 0 Å². The van der Waals surface area contributed by atoms with E-state index < -0.39 is 5.91 Å². The fraction of sp³-hybridized carbons (Fsp3) is 0.222. The second-order valence-corrected chi connectivity index (χ2v) is 3.26. The largest absolute Gasteiger partial charge is 0.367 e. The van der Waals surface area contributed by atoms with Gasteiger partial charge in [-0.05, 0) is 12.1 Å². The SMILES string of the molecule is NC(=O)c1ccc(NCCn2ccnn2)nn1. The fourth-order valence-electron chi connectivity index (χ4n) is 1.21. The first-order chi connectivity index (χ1) is 8.25. The summed E-state index contributed by atoms with van der Waals surface area (Å²) < 4.78 is 1.69. The molecule has 2 aromatic heterocycles. The highest BCUT2D eigenvalue weighted by Gasteiger charge is 2.02. The molecule has 1 amide bonds. The monoisotopic (exact) mass is 233 g/mol. The van der Waals surface area contributed by atoms with Crippen molar-refractivity contribution in [3.05, 3.63) is 30.2 Å². The lowest BCUT2D eigenvalue weighted by Crippen LogP contribution is -2.15. The van der Waals surface area contributed by atoms with Gasteiger partial charge in [0.25, 0.3) is 5.91 Å². The number of amides is 1. The van der Waals surface area contributed by atoms with Gasteiger partial charge in [-0.25, -0.2) is 0 Å². The van der Waals surface area contributed by atoms with Crippen molar-refractivity contribution >= 4 is 11.7 Å². The number of hydrogen-bond donors (Lipinski definition) is 2. The van der Waals surface area contributed by atoms with Gasteiger partial charge in [0, 0.05) is 12.7 Å². The number of primary amides is 1. The summed E-state index contributed by atoms with van der Waals surface area (Å²) in [4.78, 5) is 10.8. The van der Waals surface area contributed by atoms with Crippen LogP contribution in [0, 0.1) is 0 Å². The molecule has 0 atom stereocenters. The van der Waals surface area contributed by atoms with E-state index in [0.29, 0.717) is 18.9 Å². The molecule has 8 heteroatoms. The molecule has 17 heavy (non-hydrogen) atoms. The molecular weight excluding hydrogens is 222 g/mol. The third-order valence-electron chi connectivity index (χ3n) is 2.04. The molecule has 0 saturated carbocycles. The Kier molecular flexibility index (Phi) is 3.24. The molecule has 88 valence electrons. The number of carbonyl (C=O) groups excluding carboxylic acids is 1. The minimum atomic E-state index is -0.591. The molecule has 8 nitrogen and oxygen atoms in total. The Hall–Kier alpha value is -2.51. The Morgan fingerprint density at radius 1 is 1.41 bits per heavy atom. The number of nitrogens with one attached hydrogen (secondary N) is 1. The van der Waals surface area contributed by atoms with E-state index in [1.807, 2.05) is 0 Å². The number of nitrogens with two attached hydrogens (primary N) is 1. The Morgan fingerprint density at radius 3 is 2.88 bits per heavy atom. The van der Waals surface area contributed by atoms with Crippen molar-refractivity contribution < 1.29 is 4.79 Å². The summed E-state index contributed by atoms with van der Waals surface area (Å²) in [6.07, 6.45) is 3.38. The van der Waals surface area contributed by atoms with Gasteiger partial charge in [0.15, 0.2) is 5.69 Å². The molecule has 0 radical (unpaired) electrons. The van der Waals surface area contributed by atoms with E-state index in [4.69, 9.17) is 5.73 Å². The predicted molar refractivity (Wildman–Crippen MR) is 59.1 cm³/mol. The summed E-state index contributed by atoms with van der Waals surface area (Å²) in [5.41, 5.74) is 5.19. The van der Waals surface area contributed by atoms with Crippen LogP contribution in [-0.2, 0) is 6.54 Å². The first kappa shape index (κ1) is 11.0. The Bertz CT molecular complexity index is 479. The molecule has 2 rings (SSSR count). The van der Waals surface area contributed by atoms with Gasteiger partial charge < -0.3 is 11.1 Å². The van der Waals surface area contributed by atoms with Gasteiger partial charge in [-0.2, -0.15) is 0 Å². The predicted octanol–water partition coefficient (Wildman–Crippen LogP) is -0.721. The molecule has 2 aromatic rings. The van der Waals surface area contributed by atoms with E-state index >= 15 is 0 Å². The molecule has 0 aromatic carbocycles. The van der Waals surface area contributed by atoms with Gasteiger partial charge >= 0.3 is 0 Å². The highest BCUT2D eigenvalue weighted by atomic mass is 16.1. The van der Waals surface area contributed by atoms with E-state index in [2.05, 4.69) is 25.8 Å². The number of hydrogen-bond acceptors (Lipinski definition) is 6. The van der Waals surface area contributed by atoms with Crippen LogP contribution in [-0.4, -0.2) is 37.6 Å². The lowest BCUT2D eigenvalue weighted by atomic mass is 10.4. The van der Waals surface area contributed by atoms with Crippen LogP contribution in [0.15, 0.2) is 24.5 Å². The topological polar surface area (TPSA) is 112 Å². The van der Waals surface area contributed by atoms with Crippen molar-refractivity contribution in [3.8, 4) is 0 Å². The quantitative estimate of drug-likeness (QED) is 0.704. The average molecular weight is 233 g/mol. The molecule has 0 unspecified atom stereocenters. The van der Waals surface area contributed by atoms with Crippen LogP contribution in [0.25, 0.3) is 0 Å². The van der Waals surface area contributed by atoms with Gasteiger partial charge in [0.2, 0.25) is 0 Å². The molecule has 2 heterocycles. The maximum Gasteiger partial charge on any atom is 0.269 e. The van der Waals surface area contributed by atoms with Crippen LogP contribution in [0.4, 0.5) is 5.82 Å². The van der Waals surface area contributed by atoms with Gasteiger partial charge in [0.05, 0.1) is 12.7 Å². The average Bonchev–Trinajstić information content (AvgIpc) is 2.83. The van der Waals surface area contributed by atoms with E-state index in [9.17, 15) is 4.79 Å². The first-order valence-electron chi connectivity index (χ1n) is 4.97. The van der Waals surface area contributed by atoms with Crippen LogP contribution in [0.1, 0.15) is 10.5 Å². The molecule has 0 spiro atoms. The molecule has 0 fully saturated rings. The van der Waals surface area contributed by atoms with Crippen LogP contribution in [0.5, 0.6) is 0 Å². The normalized spacial score (nSPS) is 10.1. The Morgan fingerprint density at radius 2 is 2.29 bits per heavy atom. The maximum absolute atomic E-state index is 10.8. The minimum absolute atomic E-state index is 0.145. The molecule has 0 bridgehead atoms. The zero-order valence-corrected chi connectivity index (χ0v) is 8.95. The zero-order valence-electron chi connectivity index (χ0n) is 8.95. The number of anilines is 1. The van der Waals surface area contributed by atoms with Crippen LogP contribution < -0.4 is 11.1 Å². The van der Waals surface area contributed by atoms with E-state index in [1.165, 1.54) is 6.07 Å². The van der Waals surface area contributed by atoms with Crippen molar-refractivity contribution in [2.75, 3.05) is 11.9 Å². The van der Waals surface area contributed by atoms with Crippen molar-refractivity contribution in [2.24, 2.45) is 5.73 Å². The van der Waals surface area contributed by atoms with Crippen LogP contribution in [0.3, 0.4) is 0 Å². The van der Waals surface area contributed by atoms with Gasteiger partial charge in [0.1, 0.15) is 5.82 Å². The van der Waals surface area contributed by atoms with Crippen LogP contribution >= 0.6 is 0 Å². The number of rotatable bonds is 5. The van der Waals surface area contributed by atoms with E-state index in [-0.39, 0.29) is 5.69 Å². The third-order valence-corrected chi connectivity index (χ3v) is 2.04. The summed E-state index contributed by atoms with van der Waals surface area (Å²) in [5.74, 6) is -0.0122. The Balaban J connectivity index is 1.85. The highest BCUT2D eigenvalue weighted by Crippen LogP contribution is 2.00. The summed E-state index contributed by atoms with van der Waals surface area (Å²) in [7, 11) is 0. The molecular formula is C9H11N7O. The van der Waals surface area contributed by atoms with Crippen molar-refractivity contribution in [1.29, 1.82) is 0 Å². The summed E-state index contributed by atoms with van der Waals surface area (Å²) in [5, 5.41) is 18.0. The first-order valence-corrected chi connectivity index (χ1v) is 4.97. The zero-order chi connectivity index (χ0) is 12.1. The second-order valence-electron chi connectivity index (χ2n) is 3.26. The van der Waals surface area contributed by atoms with Gasteiger partial charge in [-0.15, -0.1) is 15.3 Å². The van der Waals surface area contributed by atoms with Gasteiger partial charge in [-0.3, -0.25) is 9.48 Å². The minimum Gasteiger partial charge on any atom is -0.367 e. The molecule has 0 aliphatic rings. The smallest absolute Gasteiger partial charge is 0.269 e. The molecule has 0 saturated heterocycles. The molecule has 0 aliphatic carbocycles.